The Morgan fingerprint density at radius 3 is 2.59 bits per heavy atom. The molecule has 7 nitrogen and oxygen atoms in total. The molecule has 1 atom stereocenters. The first-order valence-electron chi connectivity index (χ1n) is 9.16. The SMILES string of the molecule is Cl.N[C@H](c1ccccc1)c1nnc(N2CCC(CCn3cccn3)CC2)o1. The molecule has 1 aliphatic heterocycles. The summed E-state index contributed by atoms with van der Waals surface area (Å²) >= 11 is 0. The minimum atomic E-state index is -0.385. The normalized spacial score (nSPS) is 16.1. The molecule has 0 unspecified atom stereocenters. The molecule has 0 bridgehead atoms. The van der Waals surface area contributed by atoms with Gasteiger partial charge in [0.1, 0.15) is 6.04 Å². The molecule has 2 N–H and O–H groups in total. The maximum atomic E-state index is 6.24. The summed E-state index contributed by atoms with van der Waals surface area (Å²) in [5.74, 6) is 1.18. The van der Waals surface area contributed by atoms with Gasteiger partial charge in [0, 0.05) is 32.0 Å². The Bertz CT molecular complexity index is 799. The first-order chi connectivity index (χ1) is 12.8. The van der Waals surface area contributed by atoms with Gasteiger partial charge in [0.2, 0.25) is 5.89 Å². The average Bonchev–Trinajstić information content (AvgIpc) is 3.39. The molecule has 0 aliphatic carbocycles. The molecular weight excluding hydrogens is 364 g/mol. The highest BCUT2D eigenvalue weighted by atomic mass is 35.5. The number of aryl methyl sites for hydroxylation is 1. The van der Waals surface area contributed by atoms with Crippen LogP contribution in [0.15, 0.2) is 53.2 Å². The molecule has 0 radical (unpaired) electrons. The van der Waals surface area contributed by atoms with E-state index in [1.807, 2.05) is 53.5 Å². The minimum absolute atomic E-state index is 0. The zero-order valence-corrected chi connectivity index (χ0v) is 16.0. The number of nitrogens with zero attached hydrogens (tertiary/aromatic N) is 5. The highest BCUT2D eigenvalue weighted by Gasteiger charge is 2.24. The number of rotatable bonds is 6. The zero-order chi connectivity index (χ0) is 17.8. The Kier molecular flexibility index (Phi) is 6.47. The molecule has 27 heavy (non-hydrogen) atoms. The number of nitrogens with two attached hydrogens (primary N) is 1. The predicted molar refractivity (Wildman–Crippen MR) is 106 cm³/mol. The number of benzene rings is 1. The largest absolute Gasteiger partial charge is 0.406 e. The van der Waals surface area contributed by atoms with Crippen LogP contribution in [0.3, 0.4) is 0 Å². The Hall–Kier alpha value is -2.38. The Morgan fingerprint density at radius 2 is 1.89 bits per heavy atom. The van der Waals surface area contributed by atoms with E-state index in [0.717, 1.165) is 44.5 Å². The monoisotopic (exact) mass is 388 g/mol. The maximum Gasteiger partial charge on any atom is 0.318 e. The van der Waals surface area contributed by atoms with Gasteiger partial charge in [0.15, 0.2) is 0 Å². The lowest BCUT2D eigenvalue weighted by molar-refractivity contribution is 0.341. The summed E-state index contributed by atoms with van der Waals surface area (Å²) in [6.07, 6.45) is 7.26. The van der Waals surface area contributed by atoms with Crippen LogP contribution in [-0.2, 0) is 6.54 Å². The van der Waals surface area contributed by atoms with Gasteiger partial charge in [-0.15, -0.1) is 17.5 Å². The molecule has 8 heteroatoms. The summed E-state index contributed by atoms with van der Waals surface area (Å²) in [5, 5.41) is 12.6. The van der Waals surface area contributed by atoms with Crippen LogP contribution < -0.4 is 10.6 Å². The fraction of sp³-hybridized carbons (Fsp3) is 0.421. The Morgan fingerprint density at radius 1 is 1.11 bits per heavy atom. The lowest BCUT2D eigenvalue weighted by Crippen LogP contribution is -2.34. The predicted octanol–water partition coefficient (Wildman–Crippen LogP) is 3.04. The van der Waals surface area contributed by atoms with Gasteiger partial charge < -0.3 is 15.1 Å². The second-order valence-corrected chi connectivity index (χ2v) is 6.80. The summed E-state index contributed by atoms with van der Waals surface area (Å²) in [4.78, 5) is 2.17. The van der Waals surface area contributed by atoms with Crippen LogP contribution in [0.2, 0.25) is 0 Å². The Labute approximate surface area is 165 Å². The van der Waals surface area contributed by atoms with Gasteiger partial charge in [-0.2, -0.15) is 5.10 Å². The summed E-state index contributed by atoms with van der Waals surface area (Å²) in [5.41, 5.74) is 7.22. The van der Waals surface area contributed by atoms with Crippen molar-refractivity contribution in [3.8, 4) is 0 Å². The lowest BCUT2D eigenvalue weighted by atomic mass is 9.94. The zero-order valence-electron chi connectivity index (χ0n) is 15.1. The van der Waals surface area contributed by atoms with Crippen LogP contribution in [0, 0.1) is 5.92 Å². The number of hydrogen-bond acceptors (Lipinski definition) is 6. The molecule has 3 heterocycles. The standard InChI is InChI=1S/C19H24N6O.ClH/c20-17(16-5-2-1-3-6-16)18-22-23-19(26-18)24-12-7-15(8-13-24)9-14-25-11-4-10-21-25;/h1-6,10-11,15,17H,7-9,12-14,20H2;1H/t17-;/m1./s1. The molecular formula is C19H25ClN6O. The lowest BCUT2D eigenvalue weighted by Gasteiger charge is -2.30. The van der Waals surface area contributed by atoms with Crippen molar-refractivity contribution in [2.75, 3.05) is 18.0 Å². The summed E-state index contributed by atoms with van der Waals surface area (Å²) in [6, 6.07) is 12.0. The number of anilines is 1. The molecule has 0 saturated carbocycles. The van der Waals surface area contributed by atoms with Crippen molar-refractivity contribution < 1.29 is 4.42 Å². The minimum Gasteiger partial charge on any atom is -0.406 e. The van der Waals surface area contributed by atoms with Gasteiger partial charge in [-0.1, -0.05) is 35.4 Å². The quantitative estimate of drug-likeness (QED) is 0.698. The highest BCUT2D eigenvalue weighted by Crippen LogP contribution is 2.26. The Balaban J connectivity index is 0.00000210. The van der Waals surface area contributed by atoms with E-state index in [1.54, 1.807) is 0 Å². The van der Waals surface area contributed by atoms with Gasteiger partial charge in [0.25, 0.3) is 0 Å². The highest BCUT2D eigenvalue weighted by molar-refractivity contribution is 5.85. The summed E-state index contributed by atoms with van der Waals surface area (Å²) in [6.45, 7) is 2.85. The second-order valence-electron chi connectivity index (χ2n) is 6.80. The van der Waals surface area contributed by atoms with Gasteiger partial charge in [-0.25, -0.2) is 0 Å². The first-order valence-corrected chi connectivity index (χ1v) is 9.16. The van der Waals surface area contributed by atoms with Crippen LogP contribution in [0.25, 0.3) is 0 Å². The van der Waals surface area contributed by atoms with E-state index >= 15 is 0 Å². The molecule has 3 aromatic rings. The molecule has 1 aromatic carbocycles. The summed E-state index contributed by atoms with van der Waals surface area (Å²) < 4.78 is 7.86. The third-order valence-corrected chi connectivity index (χ3v) is 5.07. The van der Waals surface area contributed by atoms with E-state index in [1.165, 1.54) is 0 Å². The fourth-order valence-electron chi connectivity index (χ4n) is 3.44. The smallest absolute Gasteiger partial charge is 0.318 e. The molecule has 0 spiro atoms. The van der Waals surface area contributed by atoms with E-state index in [0.29, 0.717) is 17.8 Å². The van der Waals surface area contributed by atoms with Crippen LogP contribution in [0.4, 0.5) is 6.01 Å². The van der Waals surface area contributed by atoms with Gasteiger partial charge >= 0.3 is 6.01 Å². The van der Waals surface area contributed by atoms with Gasteiger partial charge in [0.05, 0.1) is 0 Å². The molecule has 0 amide bonds. The van der Waals surface area contributed by atoms with Gasteiger partial charge in [-0.3, -0.25) is 4.68 Å². The third-order valence-electron chi connectivity index (χ3n) is 5.07. The number of piperidine rings is 1. The summed E-state index contributed by atoms with van der Waals surface area (Å²) in [7, 11) is 0. The van der Waals surface area contributed by atoms with Gasteiger partial charge in [-0.05, 0) is 36.8 Å². The van der Waals surface area contributed by atoms with E-state index in [-0.39, 0.29) is 18.4 Å². The van der Waals surface area contributed by atoms with Crippen molar-refractivity contribution >= 4 is 18.4 Å². The first kappa shape index (κ1) is 19.4. The number of aromatic nitrogens is 4. The second kappa shape index (κ2) is 9.01. The van der Waals surface area contributed by atoms with Crippen LogP contribution >= 0.6 is 12.4 Å². The molecule has 1 aliphatic rings. The van der Waals surface area contributed by atoms with Crippen molar-refractivity contribution in [1.29, 1.82) is 0 Å². The molecule has 1 saturated heterocycles. The maximum absolute atomic E-state index is 6.24. The third kappa shape index (κ3) is 4.67. The van der Waals surface area contributed by atoms with Crippen molar-refractivity contribution in [1.82, 2.24) is 20.0 Å². The van der Waals surface area contributed by atoms with Crippen molar-refractivity contribution in [2.45, 2.75) is 31.8 Å². The number of hydrogen-bond donors (Lipinski definition) is 1. The fourth-order valence-corrected chi connectivity index (χ4v) is 3.44. The van der Waals surface area contributed by atoms with E-state index < -0.39 is 0 Å². The van der Waals surface area contributed by atoms with Crippen molar-refractivity contribution in [2.24, 2.45) is 11.7 Å². The number of halogens is 1. The average molecular weight is 389 g/mol. The molecule has 4 rings (SSSR count). The van der Waals surface area contributed by atoms with Crippen LogP contribution in [0.1, 0.15) is 36.8 Å². The van der Waals surface area contributed by atoms with E-state index in [9.17, 15) is 0 Å². The van der Waals surface area contributed by atoms with Crippen LogP contribution in [0.5, 0.6) is 0 Å². The van der Waals surface area contributed by atoms with E-state index in [2.05, 4.69) is 20.2 Å². The van der Waals surface area contributed by atoms with Crippen LogP contribution in [-0.4, -0.2) is 33.1 Å². The molecule has 2 aromatic heterocycles. The van der Waals surface area contributed by atoms with Crippen molar-refractivity contribution in [3.05, 3.63) is 60.2 Å². The topological polar surface area (TPSA) is 86.0 Å². The molecule has 144 valence electrons. The van der Waals surface area contributed by atoms with E-state index in [4.69, 9.17) is 10.2 Å². The molecule has 1 fully saturated rings. The van der Waals surface area contributed by atoms with Crippen molar-refractivity contribution in [3.63, 3.8) is 0 Å².